The fourth-order valence-electron chi connectivity index (χ4n) is 6.08. The van der Waals surface area contributed by atoms with E-state index < -0.39 is 0 Å². The van der Waals surface area contributed by atoms with Crippen molar-refractivity contribution in [3.63, 3.8) is 0 Å². The van der Waals surface area contributed by atoms with Gasteiger partial charge in [0.25, 0.3) is 0 Å². The number of nitriles is 2. The maximum atomic E-state index is 10.8. The average molecular weight is 569 g/mol. The quantitative estimate of drug-likeness (QED) is 0.213. The number of thiophene rings is 2. The van der Waals surface area contributed by atoms with E-state index in [1.807, 2.05) is 24.3 Å². The largest absolute Gasteiger partial charge is 0.192 e. The van der Waals surface area contributed by atoms with E-state index in [2.05, 4.69) is 109 Å². The Morgan fingerprint density at radius 1 is 0.429 bits per heavy atom. The second-order valence-electron chi connectivity index (χ2n) is 10.3. The first kappa shape index (κ1) is 24.5. The van der Waals surface area contributed by atoms with Crippen LogP contribution in [-0.2, 0) is 0 Å². The molecule has 0 aliphatic heterocycles. The lowest BCUT2D eigenvalue weighted by Crippen LogP contribution is -1.94. The summed E-state index contributed by atoms with van der Waals surface area (Å²) in [6.07, 6.45) is 0. The zero-order valence-electron chi connectivity index (χ0n) is 22.3. The van der Waals surface area contributed by atoms with Crippen molar-refractivity contribution in [1.82, 2.24) is 0 Å². The molecular weight excluding hydrogens is 549 g/mol. The minimum absolute atomic E-state index is 0.609. The molecule has 8 aromatic rings. The van der Waals surface area contributed by atoms with Gasteiger partial charge in [0, 0.05) is 51.5 Å². The molecule has 2 aromatic heterocycles. The summed E-state index contributed by atoms with van der Waals surface area (Å²) < 4.78 is 4.88. The summed E-state index contributed by atoms with van der Waals surface area (Å²) >= 11 is 3.55. The van der Waals surface area contributed by atoms with Gasteiger partial charge in [-0.3, -0.25) is 0 Å². The fraction of sp³-hybridized carbons (Fsp3) is 0. The maximum absolute atomic E-state index is 10.8. The molecule has 8 rings (SSSR count). The third kappa shape index (κ3) is 3.75. The second-order valence-corrected chi connectivity index (χ2v) is 12.5. The van der Waals surface area contributed by atoms with Crippen LogP contribution in [0.15, 0.2) is 121 Å². The van der Waals surface area contributed by atoms with Crippen molar-refractivity contribution in [2.45, 2.75) is 0 Å². The minimum atomic E-state index is 0.609. The van der Waals surface area contributed by atoms with Gasteiger partial charge in [0.1, 0.15) is 6.07 Å². The third-order valence-corrected chi connectivity index (χ3v) is 10.3. The van der Waals surface area contributed by atoms with Crippen LogP contribution < -0.4 is 0 Å². The maximum Gasteiger partial charge on any atom is 0.100 e. The zero-order chi connectivity index (χ0) is 28.2. The van der Waals surface area contributed by atoms with Gasteiger partial charge in [-0.2, -0.15) is 10.5 Å². The first-order valence-corrected chi connectivity index (χ1v) is 15.3. The monoisotopic (exact) mass is 568 g/mol. The van der Waals surface area contributed by atoms with E-state index in [0.717, 1.165) is 38.8 Å². The van der Waals surface area contributed by atoms with E-state index in [9.17, 15) is 10.5 Å². The van der Waals surface area contributed by atoms with Crippen molar-refractivity contribution in [3.8, 4) is 45.5 Å². The molecule has 42 heavy (non-hydrogen) atoms. The third-order valence-electron chi connectivity index (χ3n) is 7.99. The summed E-state index contributed by atoms with van der Waals surface area (Å²) in [5, 5.41) is 25.5. The highest BCUT2D eigenvalue weighted by atomic mass is 32.1. The molecule has 0 bridgehead atoms. The minimum Gasteiger partial charge on any atom is -0.192 e. The van der Waals surface area contributed by atoms with Gasteiger partial charge in [-0.15, -0.1) is 22.7 Å². The molecule has 0 amide bonds. The summed E-state index contributed by atoms with van der Waals surface area (Å²) in [6.45, 7) is 0. The molecule has 0 aliphatic rings. The van der Waals surface area contributed by atoms with E-state index >= 15 is 0 Å². The lowest BCUT2D eigenvalue weighted by Gasteiger charge is -2.16. The number of benzene rings is 6. The number of fused-ring (bicyclic) bond motifs is 6. The molecule has 6 aromatic carbocycles. The van der Waals surface area contributed by atoms with Crippen molar-refractivity contribution in [3.05, 3.63) is 132 Å². The van der Waals surface area contributed by atoms with Gasteiger partial charge in [0.15, 0.2) is 0 Å². The van der Waals surface area contributed by atoms with Crippen LogP contribution in [0.1, 0.15) is 11.1 Å². The molecule has 4 heteroatoms. The van der Waals surface area contributed by atoms with Crippen molar-refractivity contribution in [2.24, 2.45) is 0 Å². The number of rotatable bonds is 3. The lowest BCUT2D eigenvalue weighted by molar-refractivity contribution is 1.46. The molecule has 0 saturated heterocycles. The van der Waals surface area contributed by atoms with Gasteiger partial charge < -0.3 is 0 Å². The summed E-state index contributed by atoms with van der Waals surface area (Å²) in [5.41, 5.74) is 6.78. The highest BCUT2D eigenvalue weighted by Gasteiger charge is 2.20. The topological polar surface area (TPSA) is 47.6 Å². The predicted octanol–water partition coefficient (Wildman–Crippen LogP) is 11.2. The van der Waals surface area contributed by atoms with E-state index in [4.69, 9.17) is 0 Å². The van der Waals surface area contributed by atoms with Crippen LogP contribution in [0.5, 0.6) is 0 Å². The Morgan fingerprint density at radius 3 is 1.90 bits per heavy atom. The van der Waals surface area contributed by atoms with E-state index in [1.165, 1.54) is 35.0 Å². The average Bonchev–Trinajstić information content (AvgIpc) is 3.62. The Morgan fingerprint density at radius 2 is 1.07 bits per heavy atom. The van der Waals surface area contributed by atoms with Crippen LogP contribution in [0.4, 0.5) is 0 Å². The lowest BCUT2D eigenvalue weighted by atomic mass is 9.86. The summed E-state index contributed by atoms with van der Waals surface area (Å²) in [5.74, 6) is 0. The predicted molar refractivity (Wildman–Crippen MR) is 178 cm³/mol. The Balaban J connectivity index is 1.48. The fourth-order valence-corrected chi connectivity index (χ4v) is 8.30. The van der Waals surface area contributed by atoms with Gasteiger partial charge >= 0.3 is 0 Å². The van der Waals surface area contributed by atoms with Crippen LogP contribution in [0.3, 0.4) is 0 Å². The number of hydrogen-bond donors (Lipinski definition) is 0. The van der Waals surface area contributed by atoms with E-state index in [1.54, 1.807) is 22.7 Å². The summed E-state index contributed by atoms with van der Waals surface area (Å²) in [4.78, 5) is 0. The van der Waals surface area contributed by atoms with Gasteiger partial charge in [-0.25, -0.2) is 0 Å². The van der Waals surface area contributed by atoms with Crippen LogP contribution >= 0.6 is 22.7 Å². The molecule has 0 spiro atoms. The van der Waals surface area contributed by atoms with E-state index in [0.29, 0.717) is 11.1 Å². The van der Waals surface area contributed by atoms with Crippen LogP contribution in [0, 0.1) is 22.7 Å². The second kappa shape index (κ2) is 9.68. The van der Waals surface area contributed by atoms with Crippen molar-refractivity contribution < 1.29 is 0 Å². The number of hydrogen-bond acceptors (Lipinski definition) is 4. The summed E-state index contributed by atoms with van der Waals surface area (Å²) in [6, 6.07) is 46.6. The molecule has 0 atom stereocenters. The molecule has 2 heterocycles. The van der Waals surface area contributed by atoms with Crippen molar-refractivity contribution in [1.29, 1.82) is 10.5 Å². The van der Waals surface area contributed by atoms with Gasteiger partial charge in [-0.1, -0.05) is 72.8 Å². The first-order chi connectivity index (χ1) is 20.7. The summed E-state index contributed by atoms with van der Waals surface area (Å²) in [7, 11) is 0. The molecule has 0 aliphatic carbocycles. The van der Waals surface area contributed by atoms with Crippen LogP contribution in [-0.4, -0.2) is 0 Å². The SMILES string of the molecule is N#Cc1ccccc1-c1cc(-c2ccc3sc4ccccc4c3c2)c(C#N)c(-c2cccc3sc4ccccc4c23)c1. The molecule has 194 valence electrons. The normalized spacial score (nSPS) is 11.3. The standard InChI is InChI=1S/C38H20N2S2/c39-21-24-8-1-2-9-26(24)25-19-30(23-16-17-36-32(18-23)27-10-3-5-13-34(27)41-36)33(22-40)31(20-25)28-12-7-15-37-38(28)29-11-4-6-14-35(29)42-37/h1-20H. The molecular formula is C38H20N2S2. The highest BCUT2D eigenvalue weighted by Crippen LogP contribution is 2.45. The number of nitrogens with zero attached hydrogens (tertiary/aromatic N) is 2. The highest BCUT2D eigenvalue weighted by molar-refractivity contribution is 7.26. The zero-order valence-corrected chi connectivity index (χ0v) is 23.9. The van der Waals surface area contributed by atoms with Gasteiger partial charge in [-0.05, 0) is 70.8 Å². The van der Waals surface area contributed by atoms with Gasteiger partial charge in [0.05, 0.1) is 17.2 Å². The first-order valence-electron chi connectivity index (χ1n) is 13.6. The van der Waals surface area contributed by atoms with Gasteiger partial charge in [0.2, 0.25) is 0 Å². The molecule has 2 nitrogen and oxygen atoms in total. The Bertz CT molecular complexity index is 2450. The van der Waals surface area contributed by atoms with Crippen LogP contribution in [0.25, 0.3) is 73.7 Å². The molecule has 0 fully saturated rings. The molecule has 0 saturated carbocycles. The Kier molecular flexibility index (Phi) is 5.66. The van der Waals surface area contributed by atoms with Crippen molar-refractivity contribution >= 4 is 63.0 Å². The smallest absolute Gasteiger partial charge is 0.100 e. The van der Waals surface area contributed by atoms with E-state index in [-0.39, 0.29) is 0 Å². The Hall–Kier alpha value is -5.26. The van der Waals surface area contributed by atoms with Crippen molar-refractivity contribution in [2.75, 3.05) is 0 Å². The molecule has 0 radical (unpaired) electrons. The Labute approximate surface area is 250 Å². The van der Waals surface area contributed by atoms with Crippen LogP contribution in [0.2, 0.25) is 0 Å². The molecule has 0 unspecified atom stereocenters. The molecule has 0 N–H and O–H groups in total.